The Morgan fingerprint density at radius 2 is 1.75 bits per heavy atom. The third-order valence-corrected chi connectivity index (χ3v) is 4.15. The maximum atomic E-state index is 12.2. The van der Waals surface area contributed by atoms with Crippen LogP contribution in [0.4, 0.5) is 21.9 Å². The van der Waals surface area contributed by atoms with E-state index in [9.17, 15) is 29.8 Å². The van der Waals surface area contributed by atoms with Crippen molar-refractivity contribution in [3.05, 3.63) is 92.1 Å². The Labute approximate surface area is 180 Å². The number of nitrogens with zero attached hydrogens (tertiary/aromatic N) is 3. The monoisotopic (exact) mass is 437 g/mol. The van der Waals surface area contributed by atoms with Gasteiger partial charge in [0.1, 0.15) is 17.5 Å². The second-order valence-corrected chi connectivity index (χ2v) is 6.38. The Kier molecular flexibility index (Phi) is 6.34. The molecular weight excluding hydrogens is 422 g/mol. The maximum Gasteiger partial charge on any atom is 0.326 e. The van der Waals surface area contributed by atoms with Crippen molar-refractivity contribution in [3.8, 4) is 11.6 Å². The van der Waals surface area contributed by atoms with E-state index in [0.29, 0.717) is 17.0 Å². The van der Waals surface area contributed by atoms with Gasteiger partial charge >= 0.3 is 6.03 Å². The molecule has 3 aromatic rings. The van der Waals surface area contributed by atoms with E-state index in [1.54, 1.807) is 13.0 Å². The molecule has 0 saturated carbocycles. The number of aryl methyl sites for hydroxylation is 1. The first kappa shape index (κ1) is 21.8. The highest BCUT2D eigenvalue weighted by atomic mass is 16.6. The predicted octanol–water partition coefficient (Wildman–Crippen LogP) is 3.96. The molecule has 12 heteroatoms. The zero-order valence-electron chi connectivity index (χ0n) is 16.5. The molecular formula is C20H15N5O7. The third-order valence-electron chi connectivity index (χ3n) is 4.15. The highest BCUT2D eigenvalue weighted by Gasteiger charge is 2.21. The first-order valence-corrected chi connectivity index (χ1v) is 8.99. The molecule has 0 unspecified atom stereocenters. The molecule has 0 aliphatic carbocycles. The molecule has 0 atom stereocenters. The fourth-order valence-corrected chi connectivity index (χ4v) is 2.65. The number of hydrogen-bond donors (Lipinski definition) is 2. The summed E-state index contributed by atoms with van der Waals surface area (Å²) in [4.78, 5) is 48.6. The molecule has 0 aliphatic rings. The largest absolute Gasteiger partial charge is 0.439 e. The van der Waals surface area contributed by atoms with Gasteiger partial charge in [-0.3, -0.25) is 30.3 Å². The lowest BCUT2D eigenvalue weighted by Crippen LogP contribution is -2.34. The fraction of sp³-hybridized carbons (Fsp3) is 0.0500. The van der Waals surface area contributed by atoms with Crippen LogP contribution in [0.2, 0.25) is 0 Å². The molecule has 162 valence electrons. The average molecular weight is 437 g/mol. The van der Waals surface area contributed by atoms with Crippen LogP contribution in [0.3, 0.4) is 0 Å². The van der Waals surface area contributed by atoms with Crippen LogP contribution in [0.15, 0.2) is 60.8 Å². The summed E-state index contributed by atoms with van der Waals surface area (Å²) in [5, 5.41) is 26.2. The Morgan fingerprint density at radius 3 is 2.38 bits per heavy atom. The van der Waals surface area contributed by atoms with E-state index in [-0.39, 0.29) is 17.1 Å². The molecule has 2 N–H and O–H groups in total. The minimum absolute atomic E-state index is 0.146. The summed E-state index contributed by atoms with van der Waals surface area (Å²) in [7, 11) is 0. The number of aromatic nitrogens is 1. The Hall–Kier alpha value is -4.87. The molecule has 1 aromatic heterocycles. The number of nitro benzene ring substituents is 1. The molecule has 3 rings (SSSR count). The minimum Gasteiger partial charge on any atom is -0.439 e. The summed E-state index contributed by atoms with van der Waals surface area (Å²) in [5.41, 5.74) is 0.0977. The second-order valence-electron chi connectivity index (χ2n) is 6.38. The summed E-state index contributed by atoms with van der Waals surface area (Å²) < 4.78 is 5.58. The molecule has 0 aliphatic heterocycles. The van der Waals surface area contributed by atoms with Gasteiger partial charge < -0.3 is 10.1 Å². The van der Waals surface area contributed by atoms with E-state index in [0.717, 1.165) is 12.3 Å². The molecule has 32 heavy (non-hydrogen) atoms. The van der Waals surface area contributed by atoms with Gasteiger partial charge in [0.05, 0.1) is 9.85 Å². The first-order valence-electron chi connectivity index (χ1n) is 8.99. The summed E-state index contributed by atoms with van der Waals surface area (Å²) in [6.07, 6.45) is 1.07. The van der Waals surface area contributed by atoms with E-state index < -0.39 is 27.5 Å². The van der Waals surface area contributed by atoms with Gasteiger partial charge in [-0.05, 0) is 36.8 Å². The van der Waals surface area contributed by atoms with Crippen molar-refractivity contribution in [1.82, 2.24) is 10.3 Å². The lowest BCUT2D eigenvalue weighted by atomic mass is 10.1. The van der Waals surface area contributed by atoms with Gasteiger partial charge in [-0.2, -0.15) is 0 Å². The molecule has 0 fully saturated rings. The predicted molar refractivity (Wildman–Crippen MR) is 112 cm³/mol. The van der Waals surface area contributed by atoms with Crippen LogP contribution < -0.4 is 15.4 Å². The van der Waals surface area contributed by atoms with E-state index >= 15 is 0 Å². The highest BCUT2D eigenvalue weighted by Crippen LogP contribution is 2.27. The zero-order valence-corrected chi connectivity index (χ0v) is 16.5. The molecule has 2 aromatic carbocycles. The number of para-hydroxylation sites is 1. The van der Waals surface area contributed by atoms with E-state index in [1.807, 2.05) is 5.32 Å². The molecule has 0 saturated heterocycles. The highest BCUT2D eigenvalue weighted by molar-refractivity contribution is 6.09. The summed E-state index contributed by atoms with van der Waals surface area (Å²) in [6, 6.07) is 11.6. The van der Waals surface area contributed by atoms with Crippen molar-refractivity contribution in [2.75, 3.05) is 5.32 Å². The Balaban J connectivity index is 1.65. The Morgan fingerprint density at radius 1 is 1.00 bits per heavy atom. The van der Waals surface area contributed by atoms with Crippen LogP contribution in [0.1, 0.15) is 15.9 Å². The summed E-state index contributed by atoms with van der Waals surface area (Å²) in [6.45, 7) is 1.70. The lowest BCUT2D eigenvalue weighted by Gasteiger charge is -2.11. The van der Waals surface area contributed by atoms with E-state index in [4.69, 9.17) is 4.74 Å². The summed E-state index contributed by atoms with van der Waals surface area (Å²) >= 11 is 0. The topological polar surface area (TPSA) is 167 Å². The van der Waals surface area contributed by atoms with Gasteiger partial charge in [-0.1, -0.05) is 12.1 Å². The van der Waals surface area contributed by atoms with Crippen LogP contribution >= 0.6 is 0 Å². The number of carbonyl (C=O) groups is 2. The number of nitro groups is 2. The molecule has 0 spiro atoms. The van der Waals surface area contributed by atoms with Crippen LogP contribution in [-0.4, -0.2) is 26.8 Å². The fourth-order valence-electron chi connectivity index (χ4n) is 2.65. The van der Waals surface area contributed by atoms with Gasteiger partial charge in [0.15, 0.2) is 0 Å². The van der Waals surface area contributed by atoms with Crippen LogP contribution in [0.5, 0.6) is 11.6 Å². The van der Waals surface area contributed by atoms with E-state index in [2.05, 4.69) is 10.3 Å². The molecule has 12 nitrogen and oxygen atoms in total. The van der Waals surface area contributed by atoms with Crippen LogP contribution in [0.25, 0.3) is 0 Å². The maximum absolute atomic E-state index is 12.2. The van der Waals surface area contributed by atoms with Crippen molar-refractivity contribution in [1.29, 1.82) is 0 Å². The number of imide groups is 1. The zero-order chi connectivity index (χ0) is 23.3. The number of amides is 3. The van der Waals surface area contributed by atoms with Crippen molar-refractivity contribution in [2.24, 2.45) is 0 Å². The van der Waals surface area contributed by atoms with Crippen LogP contribution in [0, 0.1) is 27.2 Å². The SMILES string of the molecule is Cc1cc(NC(=O)NC(=O)c2ccccc2[N+](=O)[O-])ccc1Oc1ccc([N+](=O)[O-])cn1. The number of hydrogen-bond acceptors (Lipinski definition) is 8. The first-order chi connectivity index (χ1) is 15.2. The number of benzene rings is 2. The van der Waals surface area contributed by atoms with Gasteiger partial charge in [0.25, 0.3) is 17.3 Å². The second kappa shape index (κ2) is 9.30. The number of anilines is 1. The number of ether oxygens (including phenoxy) is 1. The minimum atomic E-state index is -0.921. The molecule has 0 bridgehead atoms. The van der Waals surface area contributed by atoms with Crippen molar-refractivity contribution < 1.29 is 24.2 Å². The lowest BCUT2D eigenvalue weighted by molar-refractivity contribution is -0.385. The summed E-state index contributed by atoms with van der Waals surface area (Å²) in [5.74, 6) is -0.378. The number of urea groups is 1. The third kappa shape index (κ3) is 5.18. The van der Waals surface area contributed by atoms with Crippen LogP contribution in [-0.2, 0) is 0 Å². The number of rotatable bonds is 6. The average Bonchev–Trinajstić information content (AvgIpc) is 2.75. The number of pyridine rings is 1. The Bertz CT molecular complexity index is 1210. The standard InChI is InChI=1S/C20H15N5O7/c1-12-10-13(6-8-17(12)32-18-9-7-14(11-21-18)24(28)29)22-20(27)23-19(26)15-4-2-3-5-16(15)25(30)31/h2-11H,1H3,(H2,22,23,26,27). The van der Waals surface area contributed by atoms with Gasteiger partial charge in [-0.25, -0.2) is 9.78 Å². The van der Waals surface area contributed by atoms with E-state index in [1.165, 1.54) is 42.5 Å². The smallest absolute Gasteiger partial charge is 0.326 e. The van der Waals surface area contributed by atoms with Gasteiger partial charge in [-0.15, -0.1) is 0 Å². The van der Waals surface area contributed by atoms with Crippen molar-refractivity contribution >= 4 is 29.0 Å². The number of carbonyl (C=O) groups excluding carboxylic acids is 2. The quantitative estimate of drug-likeness (QED) is 0.431. The van der Waals surface area contributed by atoms with Crippen molar-refractivity contribution in [2.45, 2.75) is 6.92 Å². The molecule has 3 amide bonds. The van der Waals surface area contributed by atoms with Gasteiger partial charge in [0, 0.05) is 23.9 Å². The molecule has 0 radical (unpaired) electrons. The number of nitrogens with one attached hydrogen (secondary N) is 2. The normalized spacial score (nSPS) is 10.2. The van der Waals surface area contributed by atoms with Gasteiger partial charge in [0.2, 0.25) is 5.88 Å². The van der Waals surface area contributed by atoms with Crippen molar-refractivity contribution in [3.63, 3.8) is 0 Å². The molecule has 1 heterocycles.